The van der Waals surface area contributed by atoms with Crippen molar-refractivity contribution >= 4 is 11.1 Å². The molecule has 160 valence electrons. The number of aromatic hydroxyl groups is 2. The van der Waals surface area contributed by atoms with Crippen molar-refractivity contribution in [1.29, 1.82) is 0 Å². The summed E-state index contributed by atoms with van der Waals surface area (Å²) < 4.78 is 11.4. The first kappa shape index (κ1) is 21.1. The first-order chi connectivity index (χ1) is 15.7. The Morgan fingerprint density at radius 3 is 1.12 bits per heavy atom. The maximum atomic E-state index is 10.9. The number of hydrogen-bond acceptors (Lipinski definition) is 4. The molecule has 4 aromatic carbocycles. The van der Waals surface area contributed by atoms with Crippen LogP contribution < -0.4 is 9.47 Å². The number of benzene rings is 4. The van der Waals surface area contributed by atoms with Crippen molar-refractivity contribution in [2.24, 2.45) is 0 Å². The fraction of sp³-hybridized carbons (Fsp3) is 0.0714. The van der Waals surface area contributed by atoms with Crippen LogP contribution in [-0.4, -0.2) is 24.4 Å². The van der Waals surface area contributed by atoms with E-state index in [1.165, 1.54) is 0 Å². The van der Waals surface area contributed by atoms with E-state index in [0.29, 0.717) is 33.8 Å². The highest BCUT2D eigenvalue weighted by Crippen LogP contribution is 2.46. The predicted molar refractivity (Wildman–Crippen MR) is 127 cm³/mol. The zero-order chi connectivity index (χ0) is 22.5. The topological polar surface area (TPSA) is 58.9 Å². The molecule has 0 aliphatic heterocycles. The Balaban J connectivity index is 2.24. The van der Waals surface area contributed by atoms with Crippen molar-refractivity contribution < 1.29 is 19.7 Å². The molecule has 0 bridgehead atoms. The van der Waals surface area contributed by atoms with Gasteiger partial charge in [0.2, 0.25) is 0 Å². The second-order valence-electron chi connectivity index (χ2n) is 7.18. The maximum Gasteiger partial charge on any atom is 0.126 e. The highest BCUT2D eigenvalue weighted by Gasteiger charge is 2.24. The van der Waals surface area contributed by atoms with Gasteiger partial charge in [0.25, 0.3) is 0 Å². The van der Waals surface area contributed by atoms with E-state index >= 15 is 0 Å². The smallest absolute Gasteiger partial charge is 0.126 e. The van der Waals surface area contributed by atoms with Crippen LogP contribution in [0.5, 0.6) is 23.0 Å². The molecule has 0 heterocycles. The SMILES string of the molecule is COc1ccccc1/C(=C(/c1ccccc1O)c1ccccc1OC)c1ccccc1O. The molecule has 0 amide bonds. The molecule has 0 unspecified atom stereocenters. The largest absolute Gasteiger partial charge is 0.507 e. The van der Waals surface area contributed by atoms with Crippen LogP contribution in [0.3, 0.4) is 0 Å². The molecule has 0 radical (unpaired) electrons. The molecule has 0 aliphatic carbocycles. The fourth-order valence-electron chi connectivity index (χ4n) is 3.90. The van der Waals surface area contributed by atoms with Crippen molar-refractivity contribution in [3.05, 3.63) is 119 Å². The van der Waals surface area contributed by atoms with Crippen LogP contribution in [0.15, 0.2) is 97.1 Å². The minimum absolute atomic E-state index is 0.122. The van der Waals surface area contributed by atoms with Crippen LogP contribution in [0.25, 0.3) is 11.1 Å². The van der Waals surface area contributed by atoms with Gasteiger partial charge in [0, 0.05) is 33.4 Å². The molecular formula is C28H24O4. The van der Waals surface area contributed by atoms with Crippen LogP contribution in [0, 0.1) is 0 Å². The van der Waals surface area contributed by atoms with E-state index in [1.54, 1.807) is 38.5 Å². The van der Waals surface area contributed by atoms with Gasteiger partial charge in [-0.25, -0.2) is 0 Å². The van der Waals surface area contributed by atoms with E-state index in [4.69, 9.17) is 9.47 Å². The summed E-state index contributed by atoms with van der Waals surface area (Å²) in [5.41, 5.74) is 4.21. The third-order valence-corrected chi connectivity index (χ3v) is 5.35. The van der Waals surface area contributed by atoms with Gasteiger partial charge in [0.15, 0.2) is 0 Å². The van der Waals surface area contributed by atoms with Gasteiger partial charge in [-0.3, -0.25) is 0 Å². The molecule has 0 aromatic heterocycles. The predicted octanol–water partition coefficient (Wildman–Crippen LogP) is 6.12. The maximum absolute atomic E-state index is 10.9. The van der Waals surface area contributed by atoms with Gasteiger partial charge >= 0.3 is 0 Å². The molecule has 4 rings (SSSR count). The van der Waals surface area contributed by atoms with Crippen LogP contribution in [0.1, 0.15) is 22.3 Å². The summed E-state index contributed by atoms with van der Waals surface area (Å²) in [6, 6.07) is 29.6. The molecule has 0 spiro atoms. The van der Waals surface area contributed by atoms with Crippen molar-refractivity contribution in [3.8, 4) is 23.0 Å². The standard InChI is InChI=1S/C28H24O4/c1-31-25-17-9-5-13-21(25)27(19-11-3-7-15-23(19)29)28(20-12-4-8-16-24(20)30)22-14-6-10-18-26(22)32-2/h3-18,29-30H,1-2H3/b28-27-. The molecule has 4 heteroatoms. The third kappa shape index (κ3) is 3.91. The number of phenolic OH excluding ortho intramolecular Hbond substituents is 2. The van der Waals surface area contributed by atoms with Crippen LogP contribution in [0.2, 0.25) is 0 Å². The van der Waals surface area contributed by atoms with E-state index in [9.17, 15) is 10.2 Å². The number of phenols is 2. The average Bonchev–Trinajstić information content (AvgIpc) is 2.84. The Morgan fingerprint density at radius 1 is 0.469 bits per heavy atom. The molecular weight excluding hydrogens is 400 g/mol. The highest BCUT2D eigenvalue weighted by molar-refractivity contribution is 6.08. The van der Waals surface area contributed by atoms with Crippen molar-refractivity contribution in [3.63, 3.8) is 0 Å². The quantitative estimate of drug-likeness (QED) is 0.366. The summed E-state index contributed by atoms with van der Waals surface area (Å²) in [6.45, 7) is 0. The van der Waals surface area contributed by atoms with Gasteiger partial charge in [-0.05, 0) is 24.3 Å². The molecule has 2 N–H and O–H groups in total. The average molecular weight is 424 g/mol. The van der Waals surface area contributed by atoms with Gasteiger partial charge in [0.1, 0.15) is 23.0 Å². The Kier molecular flexibility index (Phi) is 6.13. The molecule has 0 aliphatic rings. The molecule has 4 aromatic rings. The third-order valence-electron chi connectivity index (χ3n) is 5.35. The van der Waals surface area contributed by atoms with Crippen molar-refractivity contribution in [1.82, 2.24) is 0 Å². The molecule has 0 saturated carbocycles. The summed E-state index contributed by atoms with van der Waals surface area (Å²) in [6.07, 6.45) is 0. The van der Waals surface area contributed by atoms with Crippen molar-refractivity contribution in [2.45, 2.75) is 0 Å². The normalized spacial score (nSPS) is 11.6. The van der Waals surface area contributed by atoms with Gasteiger partial charge in [-0.15, -0.1) is 0 Å². The minimum atomic E-state index is 0.122. The number of para-hydroxylation sites is 4. The van der Waals surface area contributed by atoms with Gasteiger partial charge < -0.3 is 19.7 Å². The zero-order valence-corrected chi connectivity index (χ0v) is 17.9. The first-order valence-electron chi connectivity index (χ1n) is 10.2. The Morgan fingerprint density at radius 2 is 0.781 bits per heavy atom. The van der Waals surface area contributed by atoms with E-state index in [2.05, 4.69) is 0 Å². The van der Waals surface area contributed by atoms with E-state index in [-0.39, 0.29) is 11.5 Å². The van der Waals surface area contributed by atoms with Gasteiger partial charge in [-0.1, -0.05) is 72.8 Å². The Hall–Kier alpha value is -4.18. The number of ether oxygens (including phenoxy) is 2. The Labute approximate surface area is 187 Å². The van der Waals surface area contributed by atoms with Gasteiger partial charge in [0.05, 0.1) is 14.2 Å². The lowest BCUT2D eigenvalue weighted by Crippen LogP contribution is -2.02. The van der Waals surface area contributed by atoms with Gasteiger partial charge in [-0.2, -0.15) is 0 Å². The first-order valence-corrected chi connectivity index (χ1v) is 10.2. The summed E-state index contributed by atoms with van der Waals surface area (Å²) in [5, 5.41) is 21.8. The lowest BCUT2D eigenvalue weighted by atomic mass is 9.84. The highest BCUT2D eigenvalue weighted by atomic mass is 16.5. The molecule has 4 nitrogen and oxygen atoms in total. The molecule has 32 heavy (non-hydrogen) atoms. The van der Waals surface area contributed by atoms with E-state index in [0.717, 1.165) is 11.1 Å². The summed E-state index contributed by atoms with van der Waals surface area (Å²) >= 11 is 0. The van der Waals surface area contributed by atoms with Crippen LogP contribution in [-0.2, 0) is 0 Å². The second-order valence-corrected chi connectivity index (χ2v) is 7.18. The lowest BCUT2D eigenvalue weighted by Gasteiger charge is -2.22. The van der Waals surface area contributed by atoms with Crippen LogP contribution in [0.4, 0.5) is 0 Å². The monoisotopic (exact) mass is 424 g/mol. The number of hydrogen-bond donors (Lipinski definition) is 2. The zero-order valence-electron chi connectivity index (χ0n) is 17.9. The van der Waals surface area contributed by atoms with Crippen molar-refractivity contribution in [2.75, 3.05) is 14.2 Å². The summed E-state index contributed by atoms with van der Waals surface area (Å²) in [5.74, 6) is 1.54. The van der Waals surface area contributed by atoms with E-state index in [1.807, 2.05) is 72.8 Å². The van der Waals surface area contributed by atoms with E-state index < -0.39 is 0 Å². The Bertz CT molecular complexity index is 1170. The van der Waals surface area contributed by atoms with Crippen LogP contribution >= 0.6 is 0 Å². The number of methoxy groups -OCH3 is 2. The minimum Gasteiger partial charge on any atom is -0.507 e. The fourth-order valence-corrected chi connectivity index (χ4v) is 3.90. The summed E-state index contributed by atoms with van der Waals surface area (Å²) in [7, 11) is 3.23. The number of rotatable bonds is 6. The molecule has 0 saturated heterocycles. The lowest BCUT2D eigenvalue weighted by molar-refractivity contribution is 0.413. The molecule has 0 fully saturated rings. The second kappa shape index (κ2) is 9.31. The molecule has 0 atom stereocenters. The summed E-state index contributed by atoms with van der Waals surface area (Å²) in [4.78, 5) is 0.